The van der Waals surface area contributed by atoms with Crippen molar-refractivity contribution in [3.05, 3.63) is 41.4 Å². The second-order valence-corrected chi connectivity index (χ2v) is 4.52. The fraction of sp³-hybridized carbons (Fsp3) is 0.133. The van der Waals surface area contributed by atoms with Gasteiger partial charge in [0.1, 0.15) is 0 Å². The summed E-state index contributed by atoms with van der Waals surface area (Å²) in [4.78, 5) is 4.60. The quantitative estimate of drug-likeness (QED) is 0.660. The molecule has 1 aromatic heterocycles. The Kier molecular flexibility index (Phi) is 2.91. The Bertz CT molecular complexity index is 771. The van der Waals surface area contributed by atoms with Crippen LogP contribution in [0, 0.1) is 0 Å². The van der Waals surface area contributed by atoms with Gasteiger partial charge in [-0.25, -0.2) is 4.98 Å². The Morgan fingerprint density at radius 2 is 1.74 bits per heavy atom. The molecule has 2 aromatic carbocycles. The van der Waals surface area contributed by atoms with E-state index < -0.39 is 0 Å². The number of benzene rings is 2. The van der Waals surface area contributed by atoms with E-state index in [9.17, 15) is 0 Å². The van der Waals surface area contributed by atoms with Gasteiger partial charge in [-0.2, -0.15) is 0 Å². The van der Waals surface area contributed by atoms with E-state index in [2.05, 4.69) is 4.98 Å². The monoisotopic (exact) mass is 273 g/mol. The molecule has 96 valence electrons. The average Bonchev–Trinajstić information content (AvgIpc) is 2.46. The van der Waals surface area contributed by atoms with Crippen LogP contribution in [-0.2, 0) is 0 Å². The highest BCUT2D eigenvalue weighted by Gasteiger charge is 2.15. The molecule has 0 saturated heterocycles. The Morgan fingerprint density at radius 3 is 2.47 bits per heavy atom. The first-order chi connectivity index (χ1) is 9.26. The van der Waals surface area contributed by atoms with Gasteiger partial charge < -0.3 is 9.47 Å². The van der Waals surface area contributed by atoms with E-state index in [0.717, 1.165) is 21.8 Å². The van der Waals surface area contributed by atoms with Crippen molar-refractivity contribution in [3.8, 4) is 11.5 Å². The van der Waals surface area contributed by atoms with E-state index >= 15 is 0 Å². The highest BCUT2D eigenvalue weighted by Crippen LogP contribution is 2.41. The van der Waals surface area contributed by atoms with Gasteiger partial charge in [-0.1, -0.05) is 29.8 Å². The first-order valence-corrected chi connectivity index (χ1v) is 6.23. The standard InChI is InChI=1S/C15H12ClNO2/c1-18-12-8-7-11-13(15(12)19-2)14(16)9-5-3-4-6-10(9)17-11/h3-8H,1-2H3. The molecule has 0 amide bonds. The molecule has 0 N–H and O–H groups in total. The maximum Gasteiger partial charge on any atom is 0.171 e. The van der Waals surface area contributed by atoms with Crippen molar-refractivity contribution in [1.82, 2.24) is 4.98 Å². The Labute approximate surface area is 115 Å². The van der Waals surface area contributed by atoms with Crippen LogP contribution in [0.5, 0.6) is 11.5 Å². The molecule has 0 spiro atoms. The van der Waals surface area contributed by atoms with Crippen LogP contribution in [-0.4, -0.2) is 19.2 Å². The van der Waals surface area contributed by atoms with Crippen LogP contribution in [0.1, 0.15) is 0 Å². The largest absolute Gasteiger partial charge is 0.493 e. The summed E-state index contributed by atoms with van der Waals surface area (Å²) in [6.07, 6.45) is 0. The number of hydrogen-bond donors (Lipinski definition) is 0. The predicted molar refractivity (Wildman–Crippen MR) is 77.4 cm³/mol. The maximum absolute atomic E-state index is 6.51. The Hall–Kier alpha value is -2.00. The molecule has 0 radical (unpaired) electrons. The van der Waals surface area contributed by atoms with Gasteiger partial charge in [-0.3, -0.25) is 0 Å². The SMILES string of the molecule is COc1ccc2nc3ccccc3c(Cl)c2c1OC. The van der Waals surface area contributed by atoms with Crippen molar-refractivity contribution in [2.75, 3.05) is 14.2 Å². The lowest BCUT2D eigenvalue weighted by Gasteiger charge is -2.12. The molecule has 1 heterocycles. The number of aromatic nitrogens is 1. The predicted octanol–water partition coefficient (Wildman–Crippen LogP) is 4.06. The summed E-state index contributed by atoms with van der Waals surface area (Å²) in [6.45, 7) is 0. The van der Waals surface area contributed by atoms with Crippen LogP contribution in [0.3, 0.4) is 0 Å². The zero-order valence-electron chi connectivity index (χ0n) is 10.6. The van der Waals surface area contributed by atoms with Crippen LogP contribution in [0.15, 0.2) is 36.4 Å². The van der Waals surface area contributed by atoms with Crippen molar-refractivity contribution in [1.29, 1.82) is 0 Å². The molecule has 3 rings (SSSR count). The van der Waals surface area contributed by atoms with Gasteiger partial charge >= 0.3 is 0 Å². The van der Waals surface area contributed by atoms with Gasteiger partial charge in [0.25, 0.3) is 0 Å². The molecule has 19 heavy (non-hydrogen) atoms. The van der Waals surface area contributed by atoms with E-state index in [1.165, 1.54) is 0 Å². The molecule has 4 heteroatoms. The summed E-state index contributed by atoms with van der Waals surface area (Å²) in [5, 5.41) is 2.32. The smallest absolute Gasteiger partial charge is 0.171 e. The lowest BCUT2D eigenvalue weighted by Crippen LogP contribution is -1.94. The van der Waals surface area contributed by atoms with Crippen LogP contribution < -0.4 is 9.47 Å². The second-order valence-electron chi connectivity index (χ2n) is 4.14. The normalized spacial score (nSPS) is 10.9. The molecule has 0 aliphatic carbocycles. The zero-order chi connectivity index (χ0) is 13.4. The van der Waals surface area contributed by atoms with Gasteiger partial charge in [-0.05, 0) is 18.2 Å². The molecular formula is C15H12ClNO2. The van der Waals surface area contributed by atoms with Gasteiger partial charge in [0, 0.05) is 5.39 Å². The zero-order valence-corrected chi connectivity index (χ0v) is 11.4. The molecule has 0 aliphatic rings. The summed E-state index contributed by atoms with van der Waals surface area (Å²) < 4.78 is 10.7. The summed E-state index contributed by atoms with van der Waals surface area (Å²) in [7, 11) is 3.20. The molecule has 0 saturated carbocycles. The van der Waals surface area contributed by atoms with E-state index in [-0.39, 0.29) is 0 Å². The van der Waals surface area contributed by atoms with Gasteiger partial charge in [0.15, 0.2) is 11.5 Å². The van der Waals surface area contributed by atoms with Crippen LogP contribution in [0.4, 0.5) is 0 Å². The number of halogens is 1. The van der Waals surface area contributed by atoms with Gasteiger partial charge in [0.2, 0.25) is 0 Å². The third-order valence-electron chi connectivity index (χ3n) is 3.12. The number of pyridine rings is 1. The average molecular weight is 274 g/mol. The Balaban J connectivity index is 2.52. The molecule has 0 bridgehead atoms. The van der Waals surface area contributed by atoms with Crippen molar-refractivity contribution in [2.45, 2.75) is 0 Å². The molecule has 0 atom stereocenters. The van der Waals surface area contributed by atoms with Crippen LogP contribution in [0.25, 0.3) is 21.8 Å². The van der Waals surface area contributed by atoms with Gasteiger partial charge in [-0.15, -0.1) is 0 Å². The highest BCUT2D eigenvalue weighted by atomic mass is 35.5. The van der Waals surface area contributed by atoms with Crippen LogP contribution >= 0.6 is 11.6 Å². The molecule has 0 aliphatic heterocycles. The Morgan fingerprint density at radius 1 is 0.947 bits per heavy atom. The minimum Gasteiger partial charge on any atom is -0.493 e. The number of hydrogen-bond acceptors (Lipinski definition) is 3. The lowest BCUT2D eigenvalue weighted by atomic mass is 10.1. The second kappa shape index (κ2) is 4.59. The molecule has 0 fully saturated rings. The highest BCUT2D eigenvalue weighted by molar-refractivity contribution is 6.40. The van der Waals surface area contributed by atoms with Gasteiger partial charge in [0.05, 0.1) is 35.7 Å². The van der Waals surface area contributed by atoms with Crippen molar-refractivity contribution < 1.29 is 9.47 Å². The van der Waals surface area contributed by atoms with Crippen LogP contribution in [0.2, 0.25) is 5.02 Å². The molecule has 3 nitrogen and oxygen atoms in total. The number of ether oxygens (including phenoxy) is 2. The fourth-order valence-electron chi connectivity index (χ4n) is 2.24. The molecule has 3 aromatic rings. The first kappa shape index (κ1) is 12.1. The fourth-order valence-corrected chi connectivity index (χ4v) is 2.59. The summed E-state index contributed by atoms with van der Waals surface area (Å²) in [5.74, 6) is 1.26. The van der Waals surface area contributed by atoms with E-state index in [1.54, 1.807) is 14.2 Å². The number of para-hydroxylation sites is 1. The van der Waals surface area contributed by atoms with Crippen molar-refractivity contribution in [2.24, 2.45) is 0 Å². The summed E-state index contributed by atoms with van der Waals surface area (Å²) in [5.41, 5.74) is 1.66. The molecule has 0 unspecified atom stereocenters. The topological polar surface area (TPSA) is 31.4 Å². The summed E-state index contributed by atoms with van der Waals surface area (Å²) >= 11 is 6.51. The molecular weight excluding hydrogens is 262 g/mol. The van der Waals surface area contributed by atoms with E-state index in [4.69, 9.17) is 21.1 Å². The van der Waals surface area contributed by atoms with E-state index in [1.807, 2.05) is 36.4 Å². The van der Waals surface area contributed by atoms with Crippen molar-refractivity contribution in [3.63, 3.8) is 0 Å². The lowest BCUT2D eigenvalue weighted by molar-refractivity contribution is 0.358. The third kappa shape index (κ3) is 1.78. The third-order valence-corrected chi connectivity index (χ3v) is 3.52. The first-order valence-electron chi connectivity index (χ1n) is 5.85. The number of methoxy groups -OCH3 is 2. The summed E-state index contributed by atoms with van der Waals surface area (Å²) in [6, 6.07) is 11.5. The maximum atomic E-state index is 6.51. The van der Waals surface area contributed by atoms with Crippen molar-refractivity contribution >= 4 is 33.4 Å². The minimum atomic E-state index is 0.614. The number of fused-ring (bicyclic) bond motifs is 2. The minimum absolute atomic E-state index is 0.614. The number of nitrogens with zero attached hydrogens (tertiary/aromatic N) is 1. The number of rotatable bonds is 2. The van der Waals surface area contributed by atoms with E-state index in [0.29, 0.717) is 16.5 Å².